The van der Waals surface area contributed by atoms with Crippen molar-refractivity contribution in [2.75, 3.05) is 33.1 Å². The van der Waals surface area contributed by atoms with Crippen molar-refractivity contribution in [1.29, 1.82) is 0 Å². The Morgan fingerprint density at radius 1 is 1.07 bits per heavy atom. The van der Waals surface area contributed by atoms with Crippen molar-refractivity contribution >= 4 is 22.9 Å². The molecule has 0 aromatic heterocycles. The molecule has 0 radical (unpaired) electrons. The maximum atomic E-state index is 12.0. The van der Waals surface area contributed by atoms with Crippen LogP contribution in [-0.4, -0.2) is 50.2 Å². The van der Waals surface area contributed by atoms with E-state index < -0.39 is 5.97 Å². The average Bonchev–Trinajstić information content (AvgIpc) is 2.70. The Balaban J connectivity index is 2.02. The highest BCUT2D eigenvalue weighted by atomic mass is 16.5. The second kappa shape index (κ2) is 7.48. The van der Waals surface area contributed by atoms with Crippen LogP contribution in [0.2, 0.25) is 0 Å². The highest BCUT2D eigenvalue weighted by Gasteiger charge is 2.30. The fraction of sp³-hybridized carbons (Fsp3) is 0.208. The molecule has 0 bridgehead atoms. The van der Waals surface area contributed by atoms with E-state index in [0.717, 1.165) is 33.8 Å². The van der Waals surface area contributed by atoms with E-state index in [1.807, 2.05) is 63.4 Å². The van der Waals surface area contributed by atoms with E-state index in [4.69, 9.17) is 4.74 Å². The molecule has 1 heterocycles. The summed E-state index contributed by atoms with van der Waals surface area (Å²) in [6.45, 7) is 0. The first-order valence-corrected chi connectivity index (χ1v) is 9.76. The number of anilines is 1. The molecule has 0 spiro atoms. The molecule has 30 heavy (non-hydrogen) atoms. The van der Waals surface area contributed by atoms with Crippen LogP contribution in [0.5, 0.6) is 5.75 Å². The average molecular weight is 404 g/mol. The van der Waals surface area contributed by atoms with Crippen molar-refractivity contribution in [2.45, 2.75) is 6.04 Å². The number of aromatic carboxylic acids is 1. The second-order valence-corrected chi connectivity index (χ2v) is 7.99. The van der Waals surface area contributed by atoms with Crippen molar-refractivity contribution in [1.82, 2.24) is 4.90 Å². The topological polar surface area (TPSA) is 80.7 Å². The zero-order valence-electron chi connectivity index (χ0n) is 17.6. The summed E-state index contributed by atoms with van der Waals surface area (Å²) in [5.74, 6) is 0.484. The molecular weight excluding hydrogens is 378 g/mol. The minimum Gasteiger partial charge on any atom is -0.478 e. The Labute approximate surface area is 176 Å². The van der Waals surface area contributed by atoms with Gasteiger partial charge in [0.1, 0.15) is 17.2 Å². The molecule has 2 aromatic carbocycles. The predicted octanol–water partition coefficient (Wildman–Crippen LogP) is 2.90. The number of carboxylic acids is 1. The maximum absolute atomic E-state index is 12.0. The maximum Gasteiger partial charge on any atom is 0.336 e. The molecule has 2 aromatic rings. The lowest BCUT2D eigenvalue weighted by atomic mass is 9.84. The molecule has 1 unspecified atom stereocenters. The standard InChI is InChI=1S/C24H25N3O3/c1-26(2)15-6-9-18-21(12-15)30-22-13-16(27(3)4)7-10-19(22)23(18)20-11-14(25)5-8-17(20)24(28)29/h5-13,15H,25H2,1-4H3,(H,28,29)/p+1. The number of hydrogen-bond acceptors (Lipinski definition) is 4. The zero-order chi connectivity index (χ0) is 21.6. The number of carboxylic acid groups (broad SMARTS) is 1. The number of fused-ring (bicyclic) bond motifs is 2. The number of carbonyl (C=O) groups is 1. The van der Waals surface area contributed by atoms with Gasteiger partial charge in [-0.2, -0.15) is 0 Å². The molecule has 154 valence electrons. The van der Waals surface area contributed by atoms with Crippen LogP contribution in [0.1, 0.15) is 21.5 Å². The van der Waals surface area contributed by atoms with Gasteiger partial charge >= 0.3 is 5.97 Å². The van der Waals surface area contributed by atoms with Gasteiger partial charge in [0.15, 0.2) is 0 Å². The number of allylic oxidation sites excluding steroid dienone is 1. The van der Waals surface area contributed by atoms with E-state index in [2.05, 4.69) is 22.8 Å². The number of likely N-dealkylation sites (N-methyl/N-ethyl adjacent to an activating group) is 1. The Hall–Kier alpha value is -3.35. The van der Waals surface area contributed by atoms with Gasteiger partial charge in [-0.15, -0.1) is 0 Å². The quantitative estimate of drug-likeness (QED) is 0.819. The smallest absolute Gasteiger partial charge is 0.336 e. The molecule has 0 fully saturated rings. The van der Waals surface area contributed by atoms with Crippen LogP contribution in [0.25, 0.3) is 5.57 Å². The summed E-state index contributed by atoms with van der Waals surface area (Å²) in [4.78, 5) is 16.1. The summed E-state index contributed by atoms with van der Waals surface area (Å²) >= 11 is 0. The Morgan fingerprint density at radius 2 is 1.83 bits per heavy atom. The third-order valence-corrected chi connectivity index (χ3v) is 5.47. The molecule has 1 aliphatic carbocycles. The van der Waals surface area contributed by atoms with Gasteiger partial charge in [0.05, 0.1) is 5.56 Å². The van der Waals surface area contributed by atoms with Gasteiger partial charge in [0, 0.05) is 60.2 Å². The van der Waals surface area contributed by atoms with Crippen LogP contribution >= 0.6 is 0 Å². The molecule has 1 atom stereocenters. The molecule has 0 saturated heterocycles. The normalized spacial score (nSPS) is 17.3. The first-order valence-electron chi connectivity index (χ1n) is 9.76. The van der Waals surface area contributed by atoms with Gasteiger partial charge in [-0.3, -0.25) is 4.90 Å². The minimum atomic E-state index is -0.965. The van der Waals surface area contributed by atoms with Crippen LogP contribution in [-0.2, 0) is 0 Å². The Bertz CT molecular complexity index is 1130. The Kier molecular flexibility index (Phi) is 4.97. The zero-order valence-corrected chi connectivity index (χ0v) is 17.6. The molecule has 0 amide bonds. The van der Waals surface area contributed by atoms with Crippen molar-refractivity contribution in [2.24, 2.45) is 0 Å². The molecule has 6 nitrogen and oxygen atoms in total. The van der Waals surface area contributed by atoms with Crippen molar-refractivity contribution in [3.05, 3.63) is 82.6 Å². The molecule has 6 heteroatoms. The Morgan fingerprint density at radius 3 is 2.50 bits per heavy atom. The lowest BCUT2D eigenvalue weighted by Gasteiger charge is -2.31. The summed E-state index contributed by atoms with van der Waals surface area (Å²) < 4.78 is 6.33. The van der Waals surface area contributed by atoms with Gasteiger partial charge in [0.2, 0.25) is 0 Å². The monoisotopic (exact) mass is 404 g/mol. The number of quaternary nitrogens is 1. The summed E-state index contributed by atoms with van der Waals surface area (Å²) in [6.07, 6.45) is 6.19. The fourth-order valence-corrected chi connectivity index (χ4v) is 3.81. The third-order valence-electron chi connectivity index (χ3n) is 5.47. The highest BCUT2D eigenvalue weighted by molar-refractivity contribution is 6.01. The van der Waals surface area contributed by atoms with Gasteiger partial charge in [-0.1, -0.05) is 12.2 Å². The van der Waals surface area contributed by atoms with Crippen LogP contribution < -0.4 is 15.4 Å². The van der Waals surface area contributed by atoms with E-state index in [1.165, 1.54) is 0 Å². The number of nitrogens with zero attached hydrogens (tertiary/aromatic N) is 2. The van der Waals surface area contributed by atoms with E-state index >= 15 is 0 Å². The van der Waals surface area contributed by atoms with Crippen LogP contribution in [0, 0.1) is 0 Å². The van der Waals surface area contributed by atoms with Crippen molar-refractivity contribution in [3.8, 4) is 5.75 Å². The predicted molar refractivity (Wildman–Crippen MR) is 118 cm³/mol. The fourth-order valence-electron chi connectivity index (χ4n) is 3.81. The van der Waals surface area contributed by atoms with E-state index in [0.29, 0.717) is 11.3 Å². The second-order valence-electron chi connectivity index (χ2n) is 7.99. The van der Waals surface area contributed by atoms with E-state index in [-0.39, 0.29) is 11.6 Å². The largest absolute Gasteiger partial charge is 0.478 e. The number of rotatable bonds is 4. The molecule has 0 saturated carbocycles. The summed E-state index contributed by atoms with van der Waals surface area (Å²) in [5.41, 5.74) is 9.28. The highest BCUT2D eigenvalue weighted by Crippen LogP contribution is 2.45. The van der Waals surface area contributed by atoms with Crippen LogP contribution in [0.4, 0.5) is 11.4 Å². The SMILES string of the molecule is CN(C)c1ccc2c(c1)OC1=CC(N(C)C)C=CC1=C2c1cc([NH3+])ccc1C(=O)O. The molecular formula is C24H26N3O3+. The first kappa shape index (κ1) is 19.9. The first-order chi connectivity index (χ1) is 14.3. The molecule has 1 aliphatic heterocycles. The van der Waals surface area contributed by atoms with Crippen LogP contribution in [0.15, 0.2) is 66.0 Å². The molecule has 4 N–H and O–H groups in total. The lowest BCUT2D eigenvalue weighted by Crippen LogP contribution is -2.40. The molecule has 4 rings (SSSR count). The number of benzene rings is 2. The van der Waals surface area contributed by atoms with Gasteiger partial charge < -0.3 is 20.5 Å². The van der Waals surface area contributed by atoms with E-state index in [9.17, 15) is 9.90 Å². The molecule has 2 aliphatic rings. The summed E-state index contributed by atoms with van der Waals surface area (Å²) in [6, 6.07) is 11.3. The van der Waals surface area contributed by atoms with Gasteiger partial charge in [-0.05, 0) is 44.4 Å². The van der Waals surface area contributed by atoms with Crippen molar-refractivity contribution < 1.29 is 20.4 Å². The van der Waals surface area contributed by atoms with Gasteiger partial charge in [-0.25, -0.2) is 4.79 Å². The van der Waals surface area contributed by atoms with Gasteiger partial charge in [0.25, 0.3) is 0 Å². The summed E-state index contributed by atoms with van der Waals surface area (Å²) in [5, 5.41) is 9.84. The third kappa shape index (κ3) is 3.40. The number of hydrogen-bond donors (Lipinski definition) is 2. The minimum absolute atomic E-state index is 0.0988. The van der Waals surface area contributed by atoms with E-state index in [1.54, 1.807) is 12.1 Å². The van der Waals surface area contributed by atoms with Crippen LogP contribution in [0.3, 0.4) is 0 Å². The lowest BCUT2D eigenvalue weighted by molar-refractivity contribution is -0.254. The summed E-state index contributed by atoms with van der Waals surface area (Å²) in [7, 11) is 7.98. The van der Waals surface area contributed by atoms with Crippen molar-refractivity contribution in [3.63, 3.8) is 0 Å². The number of ether oxygens (including phenoxy) is 1.